The first kappa shape index (κ1) is 10.2. The summed E-state index contributed by atoms with van der Waals surface area (Å²) in [6.45, 7) is 0. The third-order valence-corrected chi connectivity index (χ3v) is 3.79. The molecule has 0 aliphatic heterocycles. The minimum atomic E-state index is 0.602. The zero-order chi connectivity index (χ0) is 11.1. The van der Waals surface area contributed by atoms with Crippen molar-refractivity contribution in [3.05, 3.63) is 34.5 Å². The molecule has 1 atom stereocenters. The van der Waals surface area contributed by atoms with Gasteiger partial charge in [0.1, 0.15) is 0 Å². The number of aromatic nitrogens is 1. The van der Waals surface area contributed by atoms with E-state index in [-0.39, 0.29) is 0 Å². The number of halogens is 1. The van der Waals surface area contributed by atoms with E-state index in [1.807, 2.05) is 13.1 Å². The quantitative estimate of drug-likeness (QED) is 0.780. The Bertz CT molecular complexity index is 530. The SMILES string of the molecule is CN[C@H]1CCc2[nH]c3ccc(Cl)cc3c2C1. The van der Waals surface area contributed by atoms with Crippen LogP contribution in [-0.2, 0) is 12.8 Å². The average Bonchev–Trinajstić information content (AvgIpc) is 2.66. The molecule has 3 rings (SSSR count). The number of hydrogen-bond donors (Lipinski definition) is 2. The third-order valence-electron chi connectivity index (χ3n) is 3.56. The fraction of sp³-hybridized carbons (Fsp3) is 0.385. The first-order chi connectivity index (χ1) is 7.78. The van der Waals surface area contributed by atoms with Crippen LogP contribution >= 0.6 is 11.6 Å². The van der Waals surface area contributed by atoms with Crippen LogP contribution in [0.25, 0.3) is 10.9 Å². The smallest absolute Gasteiger partial charge is 0.0460 e. The molecule has 2 nitrogen and oxygen atoms in total. The number of aromatic amines is 1. The lowest BCUT2D eigenvalue weighted by Gasteiger charge is -2.21. The van der Waals surface area contributed by atoms with Gasteiger partial charge >= 0.3 is 0 Å². The minimum Gasteiger partial charge on any atom is -0.358 e. The summed E-state index contributed by atoms with van der Waals surface area (Å²) in [7, 11) is 2.04. The van der Waals surface area contributed by atoms with Gasteiger partial charge in [-0.3, -0.25) is 0 Å². The van der Waals surface area contributed by atoms with Crippen molar-refractivity contribution < 1.29 is 0 Å². The van der Waals surface area contributed by atoms with E-state index < -0.39 is 0 Å². The summed E-state index contributed by atoms with van der Waals surface area (Å²) in [5.74, 6) is 0. The molecule has 2 aromatic rings. The van der Waals surface area contributed by atoms with Crippen molar-refractivity contribution in [3.63, 3.8) is 0 Å². The van der Waals surface area contributed by atoms with Crippen molar-refractivity contribution in [3.8, 4) is 0 Å². The predicted octanol–water partition coefficient (Wildman–Crippen LogP) is 2.90. The van der Waals surface area contributed by atoms with Gasteiger partial charge in [0.2, 0.25) is 0 Å². The molecular formula is C13H15ClN2. The highest BCUT2D eigenvalue weighted by atomic mass is 35.5. The molecule has 84 valence electrons. The van der Waals surface area contributed by atoms with Crippen molar-refractivity contribution in [2.75, 3.05) is 7.05 Å². The maximum atomic E-state index is 6.06. The Morgan fingerprint density at radius 2 is 2.31 bits per heavy atom. The van der Waals surface area contributed by atoms with Gasteiger partial charge in [-0.2, -0.15) is 0 Å². The normalized spacial score (nSPS) is 20.0. The molecule has 3 heteroatoms. The molecule has 1 heterocycles. The minimum absolute atomic E-state index is 0.602. The summed E-state index contributed by atoms with van der Waals surface area (Å²) < 4.78 is 0. The summed E-state index contributed by atoms with van der Waals surface area (Å²) in [6.07, 6.45) is 3.45. The van der Waals surface area contributed by atoms with E-state index >= 15 is 0 Å². The molecule has 0 bridgehead atoms. The third kappa shape index (κ3) is 1.53. The van der Waals surface area contributed by atoms with E-state index in [0.717, 1.165) is 17.9 Å². The number of H-pyrrole nitrogens is 1. The van der Waals surface area contributed by atoms with Crippen molar-refractivity contribution in [1.82, 2.24) is 10.3 Å². The molecule has 1 aromatic carbocycles. The Morgan fingerprint density at radius 1 is 1.44 bits per heavy atom. The Labute approximate surface area is 100.0 Å². The molecule has 2 N–H and O–H groups in total. The van der Waals surface area contributed by atoms with Crippen LogP contribution in [0.5, 0.6) is 0 Å². The maximum absolute atomic E-state index is 6.06. The van der Waals surface area contributed by atoms with E-state index in [1.165, 1.54) is 28.6 Å². The monoisotopic (exact) mass is 234 g/mol. The molecule has 0 amide bonds. The topological polar surface area (TPSA) is 27.8 Å². The number of nitrogens with one attached hydrogen (secondary N) is 2. The van der Waals surface area contributed by atoms with Gasteiger partial charge in [-0.1, -0.05) is 11.6 Å². The highest BCUT2D eigenvalue weighted by Gasteiger charge is 2.21. The highest BCUT2D eigenvalue weighted by molar-refractivity contribution is 6.31. The summed E-state index contributed by atoms with van der Waals surface area (Å²) >= 11 is 6.06. The molecule has 1 aromatic heterocycles. The first-order valence-corrected chi connectivity index (χ1v) is 6.12. The van der Waals surface area contributed by atoms with Crippen LogP contribution in [0, 0.1) is 0 Å². The van der Waals surface area contributed by atoms with Gasteiger partial charge in [0.05, 0.1) is 0 Å². The van der Waals surface area contributed by atoms with Crippen LogP contribution in [0.4, 0.5) is 0 Å². The number of fused-ring (bicyclic) bond motifs is 3. The standard InChI is InChI=1S/C13H15ClN2/c1-15-9-3-5-13-11(7-9)10-6-8(14)2-4-12(10)16-13/h2,4,6,9,15-16H,3,5,7H2,1H3/t9-/m0/s1. The fourth-order valence-corrected chi connectivity index (χ4v) is 2.81. The molecule has 0 radical (unpaired) electrons. The van der Waals surface area contributed by atoms with E-state index in [0.29, 0.717) is 6.04 Å². The lowest BCUT2D eigenvalue weighted by atomic mass is 9.91. The number of aryl methyl sites for hydroxylation is 1. The van der Waals surface area contributed by atoms with Gasteiger partial charge in [0.25, 0.3) is 0 Å². The number of benzene rings is 1. The second-order valence-corrected chi connectivity index (χ2v) is 4.94. The van der Waals surface area contributed by atoms with Crippen LogP contribution in [0.15, 0.2) is 18.2 Å². The summed E-state index contributed by atoms with van der Waals surface area (Å²) in [4.78, 5) is 3.50. The number of hydrogen-bond acceptors (Lipinski definition) is 1. The highest BCUT2D eigenvalue weighted by Crippen LogP contribution is 2.30. The molecule has 0 unspecified atom stereocenters. The molecule has 0 saturated heterocycles. The number of likely N-dealkylation sites (N-methyl/N-ethyl adjacent to an activating group) is 1. The Hall–Kier alpha value is -0.990. The zero-order valence-electron chi connectivity index (χ0n) is 9.31. The summed E-state index contributed by atoms with van der Waals surface area (Å²) in [5, 5.41) is 5.48. The van der Waals surface area contributed by atoms with Gasteiger partial charge in [-0.05, 0) is 50.1 Å². The van der Waals surface area contributed by atoms with E-state index in [2.05, 4.69) is 22.4 Å². The average molecular weight is 235 g/mol. The van der Waals surface area contributed by atoms with Crippen molar-refractivity contribution in [2.45, 2.75) is 25.3 Å². The van der Waals surface area contributed by atoms with Crippen LogP contribution in [0.1, 0.15) is 17.7 Å². The van der Waals surface area contributed by atoms with Crippen molar-refractivity contribution >= 4 is 22.5 Å². The first-order valence-electron chi connectivity index (χ1n) is 5.74. The summed E-state index contributed by atoms with van der Waals surface area (Å²) in [6, 6.07) is 6.70. The fourth-order valence-electron chi connectivity index (χ4n) is 2.64. The number of rotatable bonds is 1. The molecule has 1 aliphatic carbocycles. The second-order valence-electron chi connectivity index (χ2n) is 4.50. The Balaban J connectivity index is 2.15. The summed E-state index contributed by atoms with van der Waals surface area (Å²) in [5.41, 5.74) is 4.05. The molecule has 1 aliphatic rings. The van der Waals surface area contributed by atoms with E-state index in [9.17, 15) is 0 Å². The van der Waals surface area contributed by atoms with Gasteiger partial charge < -0.3 is 10.3 Å². The Morgan fingerprint density at radius 3 is 3.12 bits per heavy atom. The second kappa shape index (κ2) is 3.79. The van der Waals surface area contributed by atoms with Crippen molar-refractivity contribution in [1.29, 1.82) is 0 Å². The predicted molar refractivity (Wildman–Crippen MR) is 68.2 cm³/mol. The zero-order valence-corrected chi connectivity index (χ0v) is 10.1. The van der Waals surface area contributed by atoms with Gasteiger partial charge in [0.15, 0.2) is 0 Å². The molecule has 0 spiro atoms. The maximum Gasteiger partial charge on any atom is 0.0460 e. The van der Waals surface area contributed by atoms with Crippen LogP contribution in [-0.4, -0.2) is 18.1 Å². The Kier molecular flexibility index (Phi) is 2.41. The largest absolute Gasteiger partial charge is 0.358 e. The van der Waals surface area contributed by atoms with Crippen molar-refractivity contribution in [2.24, 2.45) is 0 Å². The van der Waals surface area contributed by atoms with Crippen LogP contribution in [0.3, 0.4) is 0 Å². The van der Waals surface area contributed by atoms with E-state index in [4.69, 9.17) is 11.6 Å². The van der Waals surface area contributed by atoms with Gasteiger partial charge in [0, 0.05) is 27.7 Å². The van der Waals surface area contributed by atoms with Gasteiger partial charge in [-0.25, -0.2) is 0 Å². The van der Waals surface area contributed by atoms with Gasteiger partial charge in [-0.15, -0.1) is 0 Å². The molecule has 0 saturated carbocycles. The van der Waals surface area contributed by atoms with Crippen LogP contribution in [0.2, 0.25) is 5.02 Å². The van der Waals surface area contributed by atoms with Crippen LogP contribution < -0.4 is 5.32 Å². The molecule has 16 heavy (non-hydrogen) atoms. The molecule has 0 fully saturated rings. The molecular weight excluding hydrogens is 220 g/mol. The lowest BCUT2D eigenvalue weighted by Crippen LogP contribution is -2.31. The lowest BCUT2D eigenvalue weighted by molar-refractivity contribution is 0.495. The van der Waals surface area contributed by atoms with E-state index in [1.54, 1.807) is 0 Å².